The van der Waals surface area contributed by atoms with E-state index in [0.29, 0.717) is 11.3 Å². The Morgan fingerprint density at radius 3 is 2.50 bits per heavy atom. The van der Waals surface area contributed by atoms with E-state index in [-0.39, 0.29) is 11.3 Å². The third kappa shape index (κ3) is 2.32. The molecule has 0 saturated carbocycles. The van der Waals surface area contributed by atoms with Crippen molar-refractivity contribution in [3.05, 3.63) is 58.1 Å². The largest absolute Gasteiger partial charge is 0.496 e. The van der Waals surface area contributed by atoms with Crippen LogP contribution < -0.4 is 15.8 Å². The zero-order valence-electron chi connectivity index (χ0n) is 12.4. The first-order valence-electron chi connectivity index (χ1n) is 6.84. The minimum atomic E-state index is -4.64. The molecule has 24 heavy (non-hydrogen) atoms. The van der Waals surface area contributed by atoms with Crippen LogP contribution in [0.3, 0.4) is 0 Å². The average Bonchev–Trinajstić information content (AvgIpc) is 2.77. The summed E-state index contributed by atoms with van der Waals surface area (Å²) in [6.07, 6.45) is -4.64. The molecule has 1 atom stereocenters. The van der Waals surface area contributed by atoms with Gasteiger partial charge in [0.15, 0.2) is 5.54 Å². The van der Waals surface area contributed by atoms with Crippen molar-refractivity contribution in [2.45, 2.75) is 11.7 Å². The predicted molar refractivity (Wildman–Crippen MR) is 83.0 cm³/mol. The maximum Gasteiger partial charge on any atom is 0.417 e. The Balaban J connectivity index is 2.25. The summed E-state index contributed by atoms with van der Waals surface area (Å²) in [5, 5.41) is 1.87. The van der Waals surface area contributed by atoms with Gasteiger partial charge in [0.2, 0.25) is 0 Å². The van der Waals surface area contributed by atoms with Crippen LogP contribution in [-0.2, 0) is 16.5 Å². The van der Waals surface area contributed by atoms with E-state index in [2.05, 4.69) is 5.32 Å². The van der Waals surface area contributed by atoms with Gasteiger partial charge < -0.3 is 15.8 Å². The average molecular weight is 357 g/mol. The molecule has 2 aromatic rings. The van der Waals surface area contributed by atoms with Gasteiger partial charge in [0.25, 0.3) is 5.91 Å². The summed E-state index contributed by atoms with van der Waals surface area (Å²) in [7, 11) is 1.41. The van der Waals surface area contributed by atoms with E-state index in [4.69, 9.17) is 22.1 Å². The van der Waals surface area contributed by atoms with Gasteiger partial charge in [-0.3, -0.25) is 4.79 Å². The Kier molecular flexibility index (Phi) is 3.73. The van der Waals surface area contributed by atoms with E-state index >= 15 is 0 Å². The summed E-state index contributed by atoms with van der Waals surface area (Å²) in [6, 6.07) is 8.41. The first-order valence-corrected chi connectivity index (χ1v) is 7.22. The zero-order chi connectivity index (χ0) is 17.7. The Morgan fingerprint density at radius 1 is 1.21 bits per heavy atom. The van der Waals surface area contributed by atoms with Crippen LogP contribution in [0.1, 0.15) is 16.7 Å². The number of fused-ring (bicyclic) bond motifs is 1. The van der Waals surface area contributed by atoms with Gasteiger partial charge in [-0.1, -0.05) is 29.8 Å². The number of anilines is 1. The van der Waals surface area contributed by atoms with Crippen molar-refractivity contribution in [3.63, 3.8) is 0 Å². The number of benzene rings is 2. The van der Waals surface area contributed by atoms with Crippen molar-refractivity contribution >= 4 is 23.2 Å². The molecule has 3 N–H and O–H groups in total. The van der Waals surface area contributed by atoms with Crippen molar-refractivity contribution in [1.29, 1.82) is 0 Å². The number of methoxy groups -OCH3 is 1. The van der Waals surface area contributed by atoms with Gasteiger partial charge in [-0.15, -0.1) is 0 Å². The second kappa shape index (κ2) is 5.39. The molecular formula is C16H12ClF3N2O2. The quantitative estimate of drug-likeness (QED) is 0.865. The van der Waals surface area contributed by atoms with Gasteiger partial charge in [-0.05, 0) is 18.2 Å². The molecule has 126 valence electrons. The number of halogens is 4. The lowest BCUT2D eigenvalue weighted by Gasteiger charge is -2.25. The number of amides is 1. The van der Waals surface area contributed by atoms with Crippen LogP contribution in [0.15, 0.2) is 36.4 Å². The number of hydrogen-bond donors (Lipinski definition) is 2. The summed E-state index contributed by atoms with van der Waals surface area (Å²) in [6.45, 7) is 0. The van der Waals surface area contributed by atoms with E-state index in [1.807, 2.05) is 0 Å². The molecule has 0 radical (unpaired) electrons. The predicted octanol–water partition coefficient (Wildman–Crippen LogP) is 3.52. The van der Waals surface area contributed by atoms with Crippen molar-refractivity contribution < 1.29 is 22.7 Å². The number of nitrogens with one attached hydrogen (secondary N) is 1. The minimum absolute atomic E-state index is 0.0230. The molecule has 1 heterocycles. The van der Waals surface area contributed by atoms with Crippen molar-refractivity contribution in [2.75, 3.05) is 12.4 Å². The lowest BCUT2D eigenvalue weighted by molar-refractivity contribution is -0.137. The summed E-state index contributed by atoms with van der Waals surface area (Å²) in [4.78, 5) is 12.5. The number of carbonyl (C=O) groups excluding carboxylic acids is 1. The highest BCUT2D eigenvalue weighted by molar-refractivity contribution is 6.32. The molecule has 1 aliphatic rings. The van der Waals surface area contributed by atoms with Crippen molar-refractivity contribution in [3.8, 4) is 5.75 Å². The number of nitrogens with two attached hydrogens (primary N) is 1. The molecule has 0 spiro atoms. The van der Waals surface area contributed by atoms with Crippen molar-refractivity contribution in [1.82, 2.24) is 0 Å². The summed E-state index contributed by atoms with van der Waals surface area (Å²) in [5.41, 5.74) is 4.05. The lowest BCUT2D eigenvalue weighted by Crippen LogP contribution is -2.44. The van der Waals surface area contributed by atoms with E-state index in [9.17, 15) is 18.0 Å². The number of rotatable bonds is 2. The Hall–Kier alpha value is -2.25. The van der Waals surface area contributed by atoms with Crippen LogP contribution in [0.4, 0.5) is 18.9 Å². The molecule has 0 fully saturated rings. The second-order valence-corrected chi connectivity index (χ2v) is 5.75. The molecule has 1 aliphatic heterocycles. The van der Waals surface area contributed by atoms with Gasteiger partial charge in [-0.2, -0.15) is 13.2 Å². The second-order valence-electron chi connectivity index (χ2n) is 5.34. The Bertz CT molecular complexity index is 839. The zero-order valence-corrected chi connectivity index (χ0v) is 13.1. The molecule has 1 unspecified atom stereocenters. The fourth-order valence-electron chi connectivity index (χ4n) is 2.80. The summed E-state index contributed by atoms with van der Waals surface area (Å²) in [5.74, 6) is -0.309. The van der Waals surface area contributed by atoms with Crippen LogP contribution >= 0.6 is 11.6 Å². The molecule has 0 bridgehead atoms. The fourth-order valence-corrected chi connectivity index (χ4v) is 3.07. The van der Waals surface area contributed by atoms with Crippen LogP contribution in [0.2, 0.25) is 5.02 Å². The Morgan fingerprint density at radius 2 is 1.88 bits per heavy atom. The van der Waals surface area contributed by atoms with Crippen LogP contribution in [0.5, 0.6) is 5.75 Å². The van der Waals surface area contributed by atoms with E-state index < -0.39 is 28.2 Å². The monoisotopic (exact) mass is 356 g/mol. The lowest BCUT2D eigenvalue weighted by atomic mass is 9.84. The molecule has 0 aliphatic carbocycles. The molecular weight excluding hydrogens is 345 g/mol. The smallest absolute Gasteiger partial charge is 0.417 e. The van der Waals surface area contributed by atoms with Gasteiger partial charge in [-0.25, -0.2) is 0 Å². The standard InChI is InChI=1S/C16H12ClF3N2O2/c1-24-13-5-3-2-4-8(13)15(21)10-6-11(17)9(16(18,19)20)7-12(10)22-14(15)23/h2-7H,21H2,1H3,(H,22,23). The molecule has 1 amide bonds. The SMILES string of the molecule is COc1ccccc1C1(N)C(=O)Nc2cc(C(F)(F)F)c(Cl)cc21. The van der Waals surface area contributed by atoms with E-state index in [1.165, 1.54) is 7.11 Å². The molecule has 4 nitrogen and oxygen atoms in total. The molecule has 3 rings (SSSR count). The number of para-hydroxylation sites is 1. The van der Waals surface area contributed by atoms with Gasteiger partial charge in [0, 0.05) is 16.8 Å². The number of carbonyl (C=O) groups is 1. The number of alkyl halides is 3. The number of ether oxygens (including phenoxy) is 1. The molecule has 0 aromatic heterocycles. The Labute approximate surface area is 140 Å². The first kappa shape index (κ1) is 16.6. The highest BCUT2D eigenvalue weighted by Gasteiger charge is 2.48. The highest BCUT2D eigenvalue weighted by Crippen LogP contribution is 2.46. The molecule has 8 heteroatoms. The van der Waals surface area contributed by atoms with Crippen LogP contribution in [0.25, 0.3) is 0 Å². The van der Waals surface area contributed by atoms with E-state index in [0.717, 1.165) is 12.1 Å². The summed E-state index contributed by atoms with van der Waals surface area (Å²) < 4.78 is 44.2. The maximum absolute atomic E-state index is 13.0. The summed E-state index contributed by atoms with van der Waals surface area (Å²) >= 11 is 5.78. The third-order valence-electron chi connectivity index (χ3n) is 3.98. The third-order valence-corrected chi connectivity index (χ3v) is 4.29. The molecule has 2 aromatic carbocycles. The van der Waals surface area contributed by atoms with Gasteiger partial charge in [0.05, 0.1) is 17.7 Å². The minimum Gasteiger partial charge on any atom is -0.496 e. The normalized spacial score (nSPS) is 19.8. The highest BCUT2D eigenvalue weighted by atomic mass is 35.5. The number of hydrogen-bond acceptors (Lipinski definition) is 3. The van der Waals surface area contributed by atoms with Crippen LogP contribution in [0, 0.1) is 0 Å². The van der Waals surface area contributed by atoms with Gasteiger partial charge in [0.1, 0.15) is 5.75 Å². The fraction of sp³-hybridized carbons (Fsp3) is 0.188. The maximum atomic E-state index is 13.0. The topological polar surface area (TPSA) is 64.3 Å². The first-order chi connectivity index (χ1) is 11.2. The van der Waals surface area contributed by atoms with Gasteiger partial charge >= 0.3 is 6.18 Å². The molecule has 0 saturated heterocycles. The van der Waals surface area contributed by atoms with Crippen LogP contribution in [-0.4, -0.2) is 13.0 Å². The van der Waals surface area contributed by atoms with E-state index in [1.54, 1.807) is 24.3 Å². The van der Waals surface area contributed by atoms with Crippen molar-refractivity contribution in [2.24, 2.45) is 5.73 Å².